The standard InChI is InChI=1S/C14H28N2O2/c1-10(2)9-12-15-13(11(3)4)14(17)16(12)7-6-8-18-5/h10-13,15H,6-9H2,1-5H3. The molecule has 0 saturated carbocycles. The molecule has 4 heteroatoms. The largest absolute Gasteiger partial charge is 0.385 e. The fourth-order valence-electron chi connectivity index (χ4n) is 2.47. The van der Waals surface area contributed by atoms with Gasteiger partial charge in [0.05, 0.1) is 12.2 Å². The lowest BCUT2D eigenvalue weighted by atomic mass is 10.0. The smallest absolute Gasteiger partial charge is 0.241 e. The second kappa shape index (κ2) is 7.10. The SMILES string of the molecule is COCCCN1C(=O)C(C(C)C)NC1CC(C)C. The van der Waals surface area contributed by atoms with E-state index in [9.17, 15) is 4.79 Å². The number of rotatable bonds is 7. The Bertz CT molecular complexity index is 267. The molecular formula is C14H28N2O2. The minimum Gasteiger partial charge on any atom is -0.385 e. The van der Waals surface area contributed by atoms with Gasteiger partial charge in [-0.1, -0.05) is 27.7 Å². The van der Waals surface area contributed by atoms with Crippen molar-refractivity contribution in [3.63, 3.8) is 0 Å². The van der Waals surface area contributed by atoms with Crippen LogP contribution in [0.2, 0.25) is 0 Å². The number of ether oxygens (including phenoxy) is 1. The van der Waals surface area contributed by atoms with Gasteiger partial charge >= 0.3 is 0 Å². The lowest BCUT2D eigenvalue weighted by Gasteiger charge is -2.25. The molecule has 2 unspecified atom stereocenters. The fourth-order valence-corrected chi connectivity index (χ4v) is 2.47. The maximum atomic E-state index is 12.4. The highest BCUT2D eigenvalue weighted by Gasteiger charge is 2.39. The third kappa shape index (κ3) is 3.95. The van der Waals surface area contributed by atoms with E-state index in [2.05, 4.69) is 33.0 Å². The van der Waals surface area contributed by atoms with E-state index in [1.54, 1.807) is 7.11 Å². The van der Waals surface area contributed by atoms with Gasteiger partial charge in [-0.15, -0.1) is 0 Å². The van der Waals surface area contributed by atoms with Crippen molar-refractivity contribution in [2.24, 2.45) is 11.8 Å². The molecule has 1 saturated heterocycles. The van der Waals surface area contributed by atoms with Crippen molar-refractivity contribution < 1.29 is 9.53 Å². The topological polar surface area (TPSA) is 41.6 Å². The molecule has 2 atom stereocenters. The summed E-state index contributed by atoms with van der Waals surface area (Å²) >= 11 is 0. The Morgan fingerprint density at radius 3 is 2.50 bits per heavy atom. The third-order valence-corrected chi connectivity index (χ3v) is 3.41. The van der Waals surface area contributed by atoms with E-state index >= 15 is 0 Å². The van der Waals surface area contributed by atoms with Crippen molar-refractivity contribution in [3.8, 4) is 0 Å². The van der Waals surface area contributed by atoms with Crippen LogP contribution >= 0.6 is 0 Å². The van der Waals surface area contributed by atoms with Crippen LogP contribution in [-0.4, -0.2) is 43.3 Å². The fraction of sp³-hybridized carbons (Fsp3) is 0.929. The number of nitrogens with one attached hydrogen (secondary N) is 1. The molecule has 1 rings (SSSR count). The first kappa shape index (κ1) is 15.4. The van der Waals surface area contributed by atoms with Crippen LogP contribution in [0, 0.1) is 11.8 Å². The van der Waals surface area contributed by atoms with Gasteiger partial charge in [-0.05, 0) is 24.7 Å². The van der Waals surface area contributed by atoms with E-state index in [1.807, 2.05) is 4.90 Å². The Balaban J connectivity index is 2.64. The summed E-state index contributed by atoms with van der Waals surface area (Å²) in [5.41, 5.74) is 0. The summed E-state index contributed by atoms with van der Waals surface area (Å²) in [4.78, 5) is 14.4. The van der Waals surface area contributed by atoms with Crippen molar-refractivity contribution in [3.05, 3.63) is 0 Å². The molecule has 0 spiro atoms. The maximum Gasteiger partial charge on any atom is 0.241 e. The van der Waals surface area contributed by atoms with Crippen LogP contribution in [0.1, 0.15) is 40.5 Å². The summed E-state index contributed by atoms with van der Waals surface area (Å²) in [6, 6.07) is -0.0173. The zero-order valence-electron chi connectivity index (χ0n) is 12.4. The van der Waals surface area contributed by atoms with Gasteiger partial charge in [0.2, 0.25) is 5.91 Å². The third-order valence-electron chi connectivity index (χ3n) is 3.41. The minimum atomic E-state index is -0.0173. The zero-order chi connectivity index (χ0) is 13.7. The van der Waals surface area contributed by atoms with Crippen LogP contribution < -0.4 is 5.32 Å². The number of amides is 1. The molecule has 1 aliphatic rings. The number of hydrogen-bond acceptors (Lipinski definition) is 3. The summed E-state index contributed by atoms with van der Waals surface area (Å²) in [7, 11) is 1.70. The number of carbonyl (C=O) groups excluding carboxylic acids is 1. The van der Waals surface area contributed by atoms with Gasteiger partial charge in [-0.3, -0.25) is 10.1 Å². The van der Waals surface area contributed by atoms with Crippen molar-refractivity contribution in [1.29, 1.82) is 0 Å². The molecule has 0 radical (unpaired) electrons. The number of methoxy groups -OCH3 is 1. The maximum absolute atomic E-state index is 12.4. The second-order valence-corrected chi connectivity index (χ2v) is 5.91. The Hall–Kier alpha value is -0.610. The van der Waals surface area contributed by atoms with Crippen molar-refractivity contribution in [1.82, 2.24) is 10.2 Å². The molecule has 1 heterocycles. The van der Waals surface area contributed by atoms with Gasteiger partial charge in [-0.2, -0.15) is 0 Å². The van der Waals surface area contributed by atoms with Gasteiger partial charge in [-0.25, -0.2) is 0 Å². The first-order chi connectivity index (χ1) is 8.47. The summed E-state index contributed by atoms with van der Waals surface area (Å²) in [5.74, 6) is 1.19. The van der Waals surface area contributed by atoms with Crippen LogP contribution in [0.3, 0.4) is 0 Å². The predicted octanol–water partition coefficient (Wildman–Crippen LogP) is 1.85. The van der Waals surface area contributed by atoms with E-state index in [1.165, 1.54) is 0 Å². The van der Waals surface area contributed by atoms with Gasteiger partial charge in [0.1, 0.15) is 0 Å². The summed E-state index contributed by atoms with van der Waals surface area (Å²) in [6.45, 7) is 10.1. The molecule has 1 fully saturated rings. The van der Waals surface area contributed by atoms with E-state index in [4.69, 9.17) is 4.74 Å². The quantitative estimate of drug-likeness (QED) is 0.707. The van der Waals surface area contributed by atoms with Crippen LogP contribution in [-0.2, 0) is 9.53 Å². The molecule has 0 aromatic carbocycles. The predicted molar refractivity (Wildman–Crippen MR) is 73.2 cm³/mol. The Morgan fingerprint density at radius 2 is 2.00 bits per heavy atom. The van der Waals surface area contributed by atoms with Gasteiger partial charge in [0.15, 0.2) is 0 Å². The van der Waals surface area contributed by atoms with Crippen LogP contribution in [0.15, 0.2) is 0 Å². The lowest BCUT2D eigenvalue weighted by Crippen LogP contribution is -2.39. The molecule has 0 bridgehead atoms. The molecule has 106 valence electrons. The van der Waals surface area contributed by atoms with E-state index in [-0.39, 0.29) is 18.1 Å². The number of hydrogen-bond donors (Lipinski definition) is 1. The molecule has 0 aromatic rings. The zero-order valence-corrected chi connectivity index (χ0v) is 12.4. The normalized spacial score (nSPS) is 24.6. The minimum absolute atomic E-state index is 0.0173. The average molecular weight is 256 g/mol. The van der Waals surface area contributed by atoms with Crippen molar-refractivity contribution >= 4 is 5.91 Å². The van der Waals surface area contributed by atoms with Gasteiger partial charge in [0.25, 0.3) is 0 Å². The van der Waals surface area contributed by atoms with Crippen LogP contribution in [0.25, 0.3) is 0 Å². The Morgan fingerprint density at radius 1 is 1.33 bits per heavy atom. The molecule has 1 amide bonds. The van der Waals surface area contributed by atoms with Crippen LogP contribution in [0.4, 0.5) is 0 Å². The molecule has 0 aliphatic carbocycles. The highest BCUT2D eigenvalue weighted by Crippen LogP contribution is 2.21. The van der Waals surface area contributed by atoms with Gasteiger partial charge < -0.3 is 9.64 Å². The molecule has 1 N–H and O–H groups in total. The molecule has 1 aliphatic heterocycles. The highest BCUT2D eigenvalue weighted by molar-refractivity contribution is 5.84. The molecule has 4 nitrogen and oxygen atoms in total. The number of nitrogens with zero attached hydrogens (tertiary/aromatic N) is 1. The average Bonchev–Trinajstić information content (AvgIpc) is 2.57. The number of carbonyl (C=O) groups is 1. The summed E-state index contributed by atoms with van der Waals surface area (Å²) < 4.78 is 5.07. The van der Waals surface area contributed by atoms with Gasteiger partial charge in [0, 0.05) is 20.3 Å². The first-order valence-corrected chi connectivity index (χ1v) is 7.02. The molecular weight excluding hydrogens is 228 g/mol. The Kier molecular flexibility index (Phi) is 6.09. The highest BCUT2D eigenvalue weighted by atomic mass is 16.5. The summed E-state index contributed by atoms with van der Waals surface area (Å²) in [6.07, 6.45) is 2.12. The summed E-state index contributed by atoms with van der Waals surface area (Å²) in [5, 5.41) is 3.48. The van der Waals surface area contributed by atoms with Crippen molar-refractivity contribution in [2.75, 3.05) is 20.3 Å². The van der Waals surface area contributed by atoms with E-state index in [0.717, 1.165) is 19.4 Å². The first-order valence-electron chi connectivity index (χ1n) is 7.02. The van der Waals surface area contributed by atoms with Crippen LogP contribution in [0.5, 0.6) is 0 Å². The molecule has 18 heavy (non-hydrogen) atoms. The second-order valence-electron chi connectivity index (χ2n) is 5.91. The Labute approximate surface area is 111 Å². The van der Waals surface area contributed by atoms with E-state index < -0.39 is 0 Å². The molecule has 0 aromatic heterocycles. The lowest BCUT2D eigenvalue weighted by molar-refractivity contribution is -0.131. The van der Waals surface area contributed by atoms with Crippen molar-refractivity contribution in [2.45, 2.75) is 52.7 Å². The van der Waals surface area contributed by atoms with E-state index in [0.29, 0.717) is 18.4 Å². The monoisotopic (exact) mass is 256 g/mol.